The molecule has 3 aliphatic heterocycles. The van der Waals surface area contributed by atoms with E-state index in [9.17, 15) is 14.4 Å². The minimum Gasteiger partial charge on any atom is -0.447 e. The molecule has 2 saturated heterocycles. The first-order valence-corrected chi connectivity index (χ1v) is 7.86. The SMILES string of the molecule is CO[C@@]12O[C@@H](C(=O)c3ccccc31)[C@H](C)[C@H]2C(=O)N1CCOC1=O. The van der Waals surface area contributed by atoms with Crippen molar-refractivity contribution in [2.45, 2.75) is 18.8 Å². The zero-order valence-electron chi connectivity index (χ0n) is 13.4. The van der Waals surface area contributed by atoms with Gasteiger partial charge in [0.25, 0.3) is 0 Å². The average molecular weight is 331 g/mol. The molecular formula is C17H17NO6. The first kappa shape index (κ1) is 15.3. The van der Waals surface area contributed by atoms with E-state index in [-0.39, 0.29) is 18.9 Å². The predicted molar refractivity (Wildman–Crippen MR) is 80.0 cm³/mol. The van der Waals surface area contributed by atoms with Crippen molar-refractivity contribution in [2.75, 3.05) is 20.3 Å². The van der Waals surface area contributed by atoms with E-state index in [2.05, 4.69) is 0 Å². The fourth-order valence-corrected chi connectivity index (χ4v) is 4.00. The monoisotopic (exact) mass is 331 g/mol. The van der Waals surface area contributed by atoms with E-state index in [1.165, 1.54) is 7.11 Å². The van der Waals surface area contributed by atoms with Crippen LogP contribution in [0.3, 0.4) is 0 Å². The third-order valence-electron chi connectivity index (χ3n) is 5.14. The summed E-state index contributed by atoms with van der Waals surface area (Å²) in [4.78, 5) is 38.6. The number of ether oxygens (including phenoxy) is 3. The molecule has 0 N–H and O–H groups in total. The summed E-state index contributed by atoms with van der Waals surface area (Å²) in [6.45, 7) is 2.14. The standard InChI is InChI=1S/C17H17NO6/c1-9-12(15(20)18-7-8-23-16(18)21)17(22-2)11-6-4-3-5-10(11)13(19)14(9)24-17/h3-6,9,12,14H,7-8H2,1-2H3/t9-,12+,14-,17-/m1/s1. The van der Waals surface area contributed by atoms with Crippen LogP contribution in [0.25, 0.3) is 0 Å². The Morgan fingerprint density at radius 2 is 2.08 bits per heavy atom. The number of rotatable bonds is 2. The quantitative estimate of drug-likeness (QED) is 0.813. The number of cyclic esters (lactones) is 1. The predicted octanol–water partition coefficient (Wildman–Crippen LogP) is 1.31. The van der Waals surface area contributed by atoms with Gasteiger partial charge in [-0.15, -0.1) is 0 Å². The molecule has 1 aromatic rings. The summed E-state index contributed by atoms with van der Waals surface area (Å²) in [6.07, 6.45) is -1.44. The van der Waals surface area contributed by atoms with Gasteiger partial charge in [0.1, 0.15) is 18.6 Å². The number of imide groups is 1. The van der Waals surface area contributed by atoms with Crippen LogP contribution in [0.15, 0.2) is 24.3 Å². The minimum atomic E-state index is -1.37. The molecule has 0 aliphatic carbocycles. The molecule has 126 valence electrons. The smallest absolute Gasteiger partial charge is 0.416 e. The number of hydrogen-bond acceptors (Lipinski definition) is 6. The Labute approximate surface area is 138 Å². The maximum atomic E-state index is 13.0. The fraction of sp³-hybridized carbons (Fsp3) is 0.471. The van der Waals surface area contributed by atoms with E-state index in [1.54, 1.807) is 31.2 Å². The summed E-state index contributed by atoms with van der Waals surface area (Å²) in [5, 5.41) is 0. The van der Waals surface area contributed by atoms with Crippen LogP contribution >= 0.6 is 0 Å². The average Bonchev–Trinajstić information content (AvgIpc) is 3.13. The summed E-state index contributed by atoms with van der Waals surface area (Å²) in [6, 6.07) is 6.98. The number of hydrogen-bond donors (Lipinski definition) is 0. The lowest BCUT2D eigenvalue weighted by atomic mass is 9.84. The number of benzene rings is 1. The van der Waals surface area contributed by atoms with E-state index >= 15 is 0 Å². The van der Waals surface area contributed by atoms with Crippen LogP contribution in [0, 0.1) is 11.8 Å². The largest absolute Gasteiger partial charge is 0.447 e. The van der Waals surface area contributed by atoms with Gasteiger partial charge >= 0.3 is 6.09 Å². The molecule has 4 atom stereocenters. The second kappa shape index (κ2) is 5.12. The highest BCUT2D eigenvalue weighted by molar-refractivity contribution is 6.04. The zero-order chi connectivity index (χ0) is 17.1. The Kier molecular flexibility index (Phi) is 3.26. The van der Waals surface area contributed by atoms with Crippen molar-refractivity contribution in [1.82, 2.24) is 4.90 Å². The number of carbonyl (C=O) groups is 3. The van der Waals surface area contributed by atoms with Gasteiger partial charge in [-0.3, -0.25) is 9.59 Å². The number of fused-ring (bicyclic) bond motifs is 4. The molecule has 0 aromatic heterocycles. The Morgan fingerprint density at radius 3 is 2.75 bits per heavy atom. The third kappa shape index (κ3) is 1.76. The van der Waals surface area contributed by atoms with E-state index in [1.807, 2.05) is 0 Å². The third-order valence-corrected chi connectivity index (χ3v) is 5.14. The lowest BCUT2D eigenvalue weighted by Crippen LogP contribution is -2.48. The molecule has 7 nitrogen and oxygen atoms in total. The summed E-state index contributed by atoms with van der Waals surface area (Å²) >= 11 is 0. The van der Waals surface area contributed by atoms with Crippen LogP contribution < -0.4 is 0 Å². The Morgan fingerprint density at radius 1 is 1.33 bits per heavy atom. The summed E-state index contributed by atoms with van der Waals surface area (Å²) in [5.41, 5.74) is 1.03. The van der Waals surface area contributed by atoms with Crippen molar-refractivity contribution < 1.29 is 28.6 Å². The van der Waals surface area contributed by atoms with Crippen LogP contribution in [0.5, 0.6) is 0 Å². The molecule has 7 heteroatoms. The minimum absolute atomic E-state index is 0.162. The normalized spacial score (nSPS) is 34.2. The van der Waals surface area contributed by atoms with Gasteiger partial charge in [-0.1, -0.05) is 31.2 Å². The van der Waals surface area contributed by atoms with Crippen LogP contribution in [-0.4, -0.2) is 49.0 Å². The molecule has 0 unspecified atom stereocenters. The van der Waals surface area contributed by atoms with E-state index < -0.39 is 35.7 Å². The lowest BCUT2D eigenvalue weighted by molar-refractivity contribution is -0.237. The number of Topliss-reactive ketones (excluding diaryl/α,β-unsaturated/α-hetero) is 1. The molecular weight excluding hydrogens is 314 g/mol. The number of carbonyl (C=O) groups excluding carboxylic acids is 3. The summed E-state index contributed by atoms with van der Waals surface area (Å²) < 4.78 is 16.5. The van der Waals surface area contributed by atoms with Crippen molar-refractivity contribution >= 4 is 17.8 Å². The molecule has 0 saturated carbocycles. The summed E-state index contributed by atoms with van der Waals surface area (Å²) in [7, 11) is 1.45. The molecule has 3 heterocycles. The highest BCUT2D eigenvalue weighted by Gasteiger charge is 2.65. The van der Waals surface area contributed by atoms with Gasteiger partial charge in [0.2, 0.25) is 11.7 Å². The van der Waals surface area contributed by atoms with Gasteiger partial charge in [-0.25, -0.2) is 9.69 Å². The van der Waals surface area contributed by atoms with Gasteiger partial charge in [-0.05, 0) is 0 Å². The lowest BCUT2D eigenvalue weighted by Gasteiger charge is -2.37. The van der Waals surface area contributed by atoms with Crippen molar-refractivity contribution in [3.05, 3.63) is 35.4 Å². The highest BCUT2D eigenvalue weighted by Crippen LogP contribution is 2.53. The maximum absolute atomic E-state index is 13.0. The van der Waals surface area contributed by atoms with Crippen LogP contribution in [-0.2, 0) is 24.8 Å². The van der Waals surface area contributed by atoms with E-state index in [0.717, 1.165) is 4.90 Å². The van der Waals surface area contributed by atoms with E-state index in [0.29, 0.717) is 11.1 Å². The zero-order valence-corrected chi connectivity index (χ0v) is 13.4. The Bertz CT molecular complexity index is 746. The maximum Gasteiger partial charge on any atom is 0.416 e. The second-order valence-corrected chi connectivity index (χ2v) is 6.26. The van der Waals surface area contributed by atoms with Crippen LogP contribution in [0.1, 0.15) is 22.8 Å². The first-order valence-electron chi connectivity index (χ1n) is 7.86. The number of amides is 2. The molecule has 2 amide bonds. The highest BCUT2D eigenvalue weighted by atomic mass is 16.7. The number of nitrogens with zero attached hydrogens (tertiary/aromatic N) is 1. The van der Waals surface area contributed by atoms with Crippen molar-refractivity contribution in [3.8, 4) is 0 Å². The molecule has 0 spiro atoms. The molecule has 0 radical (unpaired) electrons. The molecule has 2 fully saturated rings. The Balaban J connectivity index is 1.85. The van der Waals surface area contributed by atoms with Gasteiger partial charge in [-0.2, -0.15) is 0 Å². The first-order chi connectivity index (χ1) is 11.5. The van der Waals surface area contributed by atoms with Crippen LogP contribution in [0.2, 0.25) is 0 Å². The fourth-order valence-electron chi connectivity index (χ4n) is 4.00. The molecule has 1 aromatic carbocycles. The van der Waals surface area contributed by atoms with Gasteiger partial charge in [0.05, 0.1) is 6.54 Å². The number of ketones is 1. The van der Waals surface area contributed by atoms with Crippen molar-refractivity contribution in [3.63, 3.8) is 0 Å². The summed E-state index contributed by atoms with van der Waals surface area (Å²) in [5.74, 6) is -3.19. The van der Waals surface area contributed by atoms with Gasteiger partial charge in [0.15, 0.2) is 5.78 Å². The molecule has 24 heavy (non-hydrogen) atoms. The van der Waals surface area contributed by atoms with E-state index in [4.69, 9.17) is 14.2 Å². The topological polar surface area (TPSA) is 82.1 Å². The number of methoxy groups -OCH3 is 1. The molecule has 3 aliphatic rings. The van der Waals surface area contributed by atoms with Gasteiger partial charge in [0, 0.05) is 24.2 Å². The molecule has 2 bridgehead atoms. The van der Waals surface area contributed by atoms with Crippen LogP contribution in [0.4, 0.5) is 4.79 Å². The van der Waals surface area contributed by atoms with Crippen molar-refractivity contribution in [1.29, 1.82) is 0 Å². The Hall–Kier alpha value is -2.25. The molecule has 4 rings (SSSR count). The van der Waals surface area contributed by atoms with Gasteiger partial charge < -0.3 is 14.2 Å². The van der Waals surface area contributed by atoms with Crippen molar-refractivity contribution in [2.24, 2.45) is 11.8 Å². The second-order valence-electron chi connectivity index (χ2n) is 6.26.